The van der Waals surface area contributed by atoms with E-state index in [1.54, 1.807) is 24.3 Å². The van der Waals surface area contributed by atoms with Crippen LogP contribution in [0.4, 0.5) is 0 Å². The molecule has 3 aromatic carbocycles. The average Bonchev–Trinajstić information content (AvgIpc) is 2.61. The second-order valence-corrected chi connectivity index (χ2v) is 7.87. The molecule has 0 atom stereocenters. The molecule has 23 heavy (non-hydrogen) atoms. The van der Waals surface area contributed by atoms with Crippen molar-refractivity contribution in [3.63, 3.8) is 0 Å². The quantitative estimate of drug-likeness (QED) is 0.674. The van der Waals surface area contributed by atoms with E-state index in [1.165, 1.54) is 0 Å². The van der Waals surface area contributed by atoms with Crippen LogP contribution in [0.1, 0.15) is 23.6 Å². The van der Waals surface area contributed by atoms with Gasteiger partial charge in [0.15, 0.2) is 0 Å². The Hall–Kier alpha value is -2.39. The Morgan fingerprint density at radius 2 is 1.09 bits per heavy atom. The van der Waals surface area contributed by atoms with Crippen molar-refractivity contribution in [2.45, 2.75) is 22.1 Å². The molecule has 3 aromatic rings. The summed E-state index contributed by atoms with van der Waals surface area (Å²) < 4.78 is 26.0. The average molecular weight is 320 g/mol. The molecule has 4 rings (SSSR count). The maximum Gasteiger partial charge on any atom is 0.207 e. The van der Waals surface area contributed by atoms with Crippen molar-refractivity contribution in [3.8, 4) is 0 Å². The predicted molar refractivity (Wildman–Crippen MR) is 90.3 cm³/mol. The number of hydrogen-bond acceptors (Lipinski definition) is 2. The molecule has 0 saturated carbocycles. The van der Waals surface area contributed by atoms with E-state index in [0.717, 1.165) is 16.7 Å². The molecule has 1 aliphatic heterocycles. The van der Waals surface area contributed by atoms with Crippen LogP contribution in [0.25, 0.3) is 0 Å². The molecule has 0 amide bonds. The number of hydrogen-bond donors (Lipinski definition) is 0. The van der Waals surface area contributed by atoms with Gasteiger partial charge in [-0.2, -0.15) is 0 Å². The number of benzene rings is 3. The zero-order valence-corrected chi connectivity index (χ0v) is 13.5. The Bertz CT molecular complexity index is 935. The second kappa shape index (κ2) is 4.80. The van der Waals surface area contributed by atoms with Gasteiger partial charge in [0.25, 0.3) is 0 Å². The molecule has 0 bridgehead atoms. The Balaban J connectivity index is 2.18. The van der Waals surface area contributed by atoms with Gasteiger partial charge in [0.05, 0.1) is 9.79 Å². The second-order valence-electron chi connectivity index (χ2n) is 5.99. The lowest BCUT2D eigenvalue weighted by Crippen LogP contribution is -2.33. The van der Waals surface area contributed by atoms with Crippen LogP contribution >= 0.6 is 0 Å². The van der Waals surface area contributed by atoms with Crippen molar-refractivity contribution >= 4 is 9.84 Å². The smallest absolute Gasteiger partial charge is 0.207 e. The van der Waals surface area contributed by atoms with E-state index in [4.69, 9.17) is 0 Å². The highest BCUT2D eigenvalue weighted by Crippen LogP contribution is 2.49. The van der Waals surface area contributed by atoms with Crippen molar-refractivity contribution in [2.75, 3.05) is 0 Å². The van der Waals surface area contributed by atoms with Gasteiger partial charge in [0.2, 0.25) is 9.84 Å². The summed E-state index contributed by atoms with van der Waals surface area (Å²) in [5.41, 5.74) is 2.28. The topological polar surface area (TPSA) is 34.1 Å². The molecule has 2 nitrogen and oxygen atoms in total. The third kappa shape index (κ3) is 1.83. The molecule has 0 N–H and O–H groups in total. The van der Waals surface area contributed by atoms with Gasteiger partial charge in [-0.3, -0.25) is 0 Å². The van der Waals surface area contributed by atoms with E-state index in [1.807, 2.05) is 42.5 Å². The molecular weight excluding hydrogens is 304 g/mol. The molecule has 0 aromatic heterocycles. The van der Waals surface area contributed by atoms with E-state index in [2.05, 4.69) is 19.1 Å². The van der Waals surface area contributed by atoms with Crippen molar-refractivity contribution in [1.29, 1.82) is 0 Å². The zero-order chi connectivity index (χ0) is 16.1. The molecule has 1 heterocycles. The maximum atomic E-state index is 13.0. The number of fused-ring (bicyclic) bond motifs is 2. The largest absolute Gasteiger partial charge is 0.218 e. The van der Waals surface area contributed by atoms with Crippen molar-refractivity contribution in [3.05, 3.63) is 95.6 Å². The summed E-state index contributed by atoms with van der Waals surface area (Å²) in [6.07, 6.45) is 0. The van der Waals surface area contributed by atoms with Gasteiger partial charge in [-0.1, -0.05) is 66.7 Å². The normalized spacial score (nSPS) is 17.1. The van der Waals surface area contributed by atoms with Crippen LogP contribution in [0.2, 0.25) is 0 Å². The first-order valence-electron chi connectivity index (χ1n) is 7.56. The predicted octanol–water partition coefficient (Wildman–Crippen LogP) is 4.19. The lowest BCUT2D eigenvalue weighted by Gasteiger charge is -2.38. The van der Waals surface area contributed by atoms with E-state index in [-0.39, 0.29) is 0 Å². The third-order valence-electron chi connectivity index (χ3n) is 4.78. The van der Waals surface area contributed by atoms with E-state index in [9.17, 15) is 8.42 Å². The first kappa shape index (κ1) is 14.2. The van der Waals surface area contributed by atoms with Gasteiger partial charge in [0, 0.05) is 5.41 Å². The van der Waals surface area contributed by atoms with Crippen LogP contribution in [-0.2, 0) is 15.3 Å². The van der Waals surface area contributed by atoms with Crippen LogP contribution in [0.15, 0.2) is 88.7 Å². The lowest BCUT2D eigenvalue weighted by molar-refractivity contribution is 0.570. The molecular formula is C20H16O2S. The molecule has 114 valence electrons. The molecule has 1 aliphatic rings. The van der Waals surface area contributed by atoms with Gasteiger partial charge in [-0.25, -0.2) is 8.42 Å². The molecule has 0 aliphatic carbocycles. The van der Waals surface area contributed by atoms with E-state index in [0.29, 0.717) is 9.79 Å². The molecule has 0 fully saturated rings. The van der Waals surface area contributed by atoms with Gasteiger partial charge >= 0.3 is 0 Å². The molecule has 0 spiro atoms. The molecule has 3 heteroatoms. The van der Waals surface area contributed by atoms with Crippen LogP contribution in [0.3, 0.4) is 0 Å². The van der Waals surface area contributed by atoms with Gasteiger partial charge in [-0.05, 0) is 35.7 Å². The minimum atomic E-state index is -3.48. The molecule has 0 saturated heterocycles. The maximum absolute atomic E-state index is 13.0. The summed E-state index contributed by atoms with van der Waals surface area (Å²) >= 11 is 0. The summed E-state index contributed by atoms with van der Waals surface area (Å²) in [5, 5.41) is 0. The summed E-state index contributed by atoms with van der Waals surface area (Å²) in [4.78, 5) is 0.815. The number of sulfone groups is 1. The van der Waals surface area contributed by atoms with Crippen LogP contribution in [0, 0.1) is 0 Å². The fourth-order valence-electron chi connectivity index (χ4n) is 3.57. The van der Waals surface area contributed by atoms with Crippen molar-refractivity contribution < 1.29 is 8.42 Å². The van der Waals surface area contributed by atoms with Crippen molar-refractivity contribution in [1.82, 2.24) is 0 Å². The Labute approximate surface area is 136 Å². The van der Waals surface area contributed by atoms with Crippen LogP contribution in [0.5, 0.6) is 0 Å². The first-order chi connectivity index (χ1) is 11.1. The highest BCUT2D eigenvalue weighted by atomic mass is 32.2. The zero-order valence-electron chi connectivity index (χ0n) is 12.7. The Morgan fingerprint density at radius 3 is 1.61 bits per heavy atom. The molecule has 0 radical (unpaired) electrons. The summed E-state index contributed by atoms with van der Waals surface area (Å²) in [6.45, 7) is 2.11. The van der Waals surface area contributed by atoms with Crippen molar-refractivity contribution in [2.24, 2.45) is 0 Å². The fourth-order valence-corrected chi connectivity index (χ4v) is 5.45. The lowest BCUT2D eigenvalue weighted by atomic mass is 9.71. The fraction of sp³-hybridized carbons (Fsp3) is 0.100. The van der Waals surface area contributed by atoms with E-state index >= 15 is 0 Å². The number of rotatable bonds is 1. The van der Waals surface area contributed by atoms with E-state index < -0.39 is 15.3 Å². The minimum absolute atomic E-state index is 0.407. The van der Waals surface area contributed by atoms with Gasteiger partial charge in [-0.15, -0.1) is 0 Å². The summed E-state index contributed by atoms with van der Waals surface area (Å²) in [7, 11) is -3.48. The Kier molecular flexibility index (Phi) is 2.97. The summed E-state index contributed by atoms with van der Waals surface area (Å²) in [5.74, 6) is 0. The monoisotopic (exact) mass is 320 g/mol. The third-order valence-corrected chi connectivity index (χ3v) is 6.65. The highest BCUT2D eigenvalue weighted by Gasteiger charge is 2.43. The highest BCUT2D eigenvalue weighted by molar-refractivity contribution is 7.91. The van der Waals surface area contributed by atoms with Gasteiger partial charge in [0.1, 0.15) is 0 Å². The summed E-state index contributed by atoms with van der Waals surface area (Å²) in [6, 6.07) is 24.7. The van der Waals surface area contributed by atoms with Crippen LogP contribution in [-0.4, -0.2) is 8.42 Å². The van der Waals surface area contributed by atoms with Gasteiger partial charge < -0.3 is 0 Å². The Morgan fingerprint density at radius 1 is 0.652 bits per heavy atom. The first-order valence-corrected chi connectivity index (χ1v) is 9.04. The SMILES string of the molecule is CC1(c2ccccc2)c2ccccc2S(=O)(=O)c2ccccc21. The standard InChI is InChI=1S/C20H16O2S/c1-20(15-9-3-2-4-10-15)16-11-5-7-13-18(16)23(21,22)19-14-8-6-12-17(19)20/h2-14H,1H3. The van der Waals surface area contributed by atoms with Crippen LogP contribution < -0.4 is 0 Å². The molecule has 0 unspecified atom stereocenters. The minimum Gasteiger partial charge on any atom is -0.218 e.